The highest BCUT2D eigenvalue weighted by atomic mass is 35.5. The standard InChI is InChI=1S/C19H25ClN6O/c1-12-3-5-14(6-4-12)13(2)25-18(27)19(22)7-9-26(10-8-19)17-15(20)16(21)23-11-24-17/h3-6,11,13H,7-10,22H2,1-2H3,(H,25,27)(H2,21,23,24)/t13-/m0/s1. The zero-order valence-electron chi connectivity index (χ0n) is 15.6. The van der Waals surface area contributed by atoms with Crippen molar-refractivity contribution in [3.8, 4) is 0 Å². The molecule has 1 atom stereocenters. The molecule has 3 rings (SSSR count). The Labute approximate surface area is 164 Å². The molecule has 0 bridgehead atoms. The Morgan fingerprint density at radius 3 is 2.52 bits per heavy atom. The molecule has 0 saturated carbocycles. The fraction of sp³-hybridized carbons (Fsp3) is 0.421. The topological polar surface area (TPSA) is 110 Å². The maximum Gasteiger partial charge on any atom is 0.240 e. The molecule has 1 aromatic carbocycles. The van der Waals surface area contributed by atoms with Crippen LogP contribution in [0, 0.1) is 6.92 Å². The molecular formula is C19H25ClN6O. The summed E-state index contributed by atoms with van der Waals surface area (Å²) in [6.07, 6.45) is 2.39. The highest BCUT2D eigenvalue weighted by molar-refractivity contribution is 6.35. The van der Waals surface area contributed by atoms with E-state index in [4.69, 9.17) is 23.1 Å². The van der Waals surface area contributed by atoms with Crippen LogP contribution in [-0.2, 0) is 4.79 Å². The summed E-state index contributed by atoms with van der Waals surface area (Å²) in [6, 6.07) is 8.01. The summed E-state index contributed by atoms with van der Waals surface area (Å²) < 4.78 is 0. The van der Waals surface area contributed by atoms with Crippen molar-refractivity contribution in [2.45, 2.75) is 38.3 Å². The van der Waals surface area contributed by atoms with E-state index in [1.807, 2.05) is 43.0 Å². The molecule has 5 N–H and O–H groups in total. The molecule has 2 aromatic rings. The van der Waals surface area contributed by atoms with Crippen LogP contribution in [0.2, 0.25) is 5.02 Å². The number of halogens is 1. The van der Waals surface area contributed by atoms with Gasteiger partial charge >= 0.3 is 0 Å². The fourth-order valence-electron chi connectivity index (χ4n) is 3.22. The van der Waals surface area contributed by atoms with Gasteiger partial charge in [-0.2, -0.15) is 0 Å². The van der Waals surface area contributed by atoms with E-state index in [0.29, 0.717) is 36.8 Å². The number of carbonyl (C=O) groups excluding carboxylic acids is 1. The van der Waals surface area contributed by atoms with Crippen LogP contribution in [-0.4, -0.2) is 34.5 Å². The van der Waals surface area contributed by atoms with Crippen LogP contribution in [0.4, 0.5) is 11.6 Å². The quantitative estimate of drug-likeness (QED) is 0.740. The number of piperidine rings is 1. The maximum absolute atomic E-state index is 12.8. The second-order valence-electron chi connectivity index (χ2n) is 7.15. The third-order valence-corrected chi connectivity index (χ3v) is 5.49. The zero-order valence-corrected chi connectivity index (χ0v) is 16.3. The summed E-state index contributed by atoms with van der Waals surface area (Å²) in [6.45, 7) is 5.13. The number of carbonyl (C=O) groups is 1. The van der Waals surface area contributed by atoms with E-state index in [-0.39, 0.29) is 17.8 Å². The normalized spacial score (nSPS) is 17.4. The van der Waals surface area contributed by atoms with Gasteiger partial charge in [-0.15, -0.1) is 0 Å². The second kappa shape index (κ2) is 7.70. The van der Waals surface area contributed by atoms with E-state index in [9.17, 15) is 4.79 Å². The SMILES string of the molecule is Cc1ccc([C@H](C)NC(=O)C2(N)CCN(c3ncnc(N)c3Cl)CC2)cc1. The first-order valence-electron chi connectivity index (χ1n) is 8.97. The number of nitrogen functional groups attached to an aromatic ring is 1. The predicted molar refractivity (Wildman–Crippen MR) is 108 cm³/mol. The van der Waals surface area contributed by atoms with Crippen molar-refractivity contribution in [3.05, 3.63) is 46.7 Å². The summed E-state index contributed by atoms with van der Waals surface area (Å²) >= 11 is 6.21. The highest BCUT2D eigenvalue weighted by Gasteiger charge is 2.39. The minimum absolute atomic E-state index is 0.104. The van der Waals surface area contributed by atoms with Gasteiger partial charge in [-0.1, -0.05) is 41.4 Å². The van der Waals surface area contributed by atoms with Crippen molar-refractivity contribution in [1.29, 1.82) is 0 Å². The number of hydrogen-bond donors (Lipinski definition) is 3. The molecule has 27 heavy (non-hydrogen) atoms. The van der Waals surface area contributed by atoms with E-state index in [1.54, 1.807) is 0 Å². The molecule has 0 aliphatic carbocycles. The molecule has 144 valence electrons. The van der Waals surface area contributed by atoms with Gasteiger partial charge in [0.25, 0.3) is 0 Å². The van der Waals surface area contributed by atoms with Gasteiger partial charge in [0.1, 0.15) is 17.2 Å². The molecule has 0 radical (unpaired) electrons. The monoisotopic (exact) mass is 388 g/mol. The molecule has 1 fully saturated rings. The zero-order chi connectivity index (χ0) is 19.6. The number of anilines is 2. The summed E-state index contributed by atoms with van der Waals surface area (Å²) in [5.74, 6) is 0.694. The van der Waals surface area contributed by atoms with Gasteiger partial charge in [-0.25, -0.2) is 9.97 Å². The van der Waals surface area contributed by atoms with Gasteiger partial charge < -0.3 is 21.7 Å². The van der Waals surface area contributed by atoms with Gasteiger partial charge in [0.05, 0.1) is 11.6 Å². The average Bonchev–Trinajstić information content (AvgIpc) is 2.65. The van der Waals surface area contributed by atoms with Crippen LogP contribution in [0.25, 0.3) is 0 Å². The van der Waals surface area contributed by atoms with Gasteiger partial charge in [0, 0.05) is 13.1 Å². The lowest BCUT2D eigenvalue weighted by Gasteiger charge is -2.39. The first-order valence-corrected chi connectivity index (χ1v) is 9.35. The van der Waals surface area contributed by atoms with Gasteiger partial charge in [0.15, 0.2) is 5.82 Å². The van der Waals surface area contributed by atoms with Crippen molar-refractivity contribution in [3.63, 3.8) is 0 Å². The lowest BCUT2D eigenvalue weighted by atomic mass is 9.87. The van der Waals surface area contributed by atoms with Crippen LogP contribution < -0.4 is 21.7 Å². The molecule has 1 aromatic heterocycles. The number of nitrogens with two attached hydrogens (primary N) is 2. The van der Waals surface area contributed by atoms with Crippen molar-refractivity contribution >= 4 is 29.1 Å². The predicted octanol–water partition coefficient (Wildman–Crippen LogP) is 2.20. The summed E-state index contributed by atoms with van der Waals surface area (Å²) in [5.41, 5.74) is 13.5. The first kappa shape index (κ1) is 19.4. The van der Waals surface area contributed by atoms with E-state index < -0.39 is 5.54 Å². The largest absolute Gasteiger partial charge is 0.382 e. The average molecular weight is 389 g/mol. The Hall–Kier alpha value is -2.38. The number of benzene rings is 1. The van der Waals surface area contributed by atoms with Gasteiger partial charge in [0.2, 0.25) is 5.91 Å². The third-order valence-electron chi connectivity index (χ3n) is 5.13. The number of aryl methyl sites for hydroxylation is 1. The van der Waals surface area contributed by atoms with Crippen LogP contribution in [0.3, 0.4) is 0 Å². The Morgan fingerprint density at radius 1 is 1.26 bits per heavy atom. The van der Waals surface area contributed by atoms with E-state index >= 15 is 0 Å². The van der Waals surface area contributed by atoms with Crippen molar-refractivity contribution in [1.82, 2.24) is 15.3 Å². The minimum atomic E-state index is -0.916. The van der Waals surface area contributed by atoms with Gasteiger partial charge in [-0.05, 0) is 32.3 Å². The summed E-state index contributed by atoms with van der Waals surface area (Å²) in [4.78, 5) is 22.9. The molecule has 7 nitrogen and oxygen atoms in total. The smallest absolute Gasteiger partial charge is 0.240 e. The van der Waals surface area contributed by atoms with Crippen molar-refractivity contribution < 1.29 is 4.79 Å². The highest BCUT2D eigenvalue weighted by Crippen LogP contribution is 2.31. The lowest BCUT2D eigenvalue weighted by molar-refractivity contribution is -0.127. The van der Waals surface area contributed by atoms with E-state index in [1.165, 1.54) is 11.9 Å². The van der Waals surface area contributed by atoms with Crippen LogP contribution in [0.1, 0.15) is 36.9 Å². The Bertz CT molecular complexity index is 817. The fourth-order valence-corrected chi connectivity index (χ4v) is 3.43. The molecule has 8 heteroatoms. The Balaban J connectivity index is 1.63. The van der Waals surface area contributed by atoms with Crippen LogP contribution >= 0.6 is 11.6 Å². The first-order chi connectivity index (χ1) is 12.8. The minimum Gasteiger partial charge on any atom is -0.382 e. The molecule has 2 heterocycles. The molecule has 1 amide bonds. The molecule has 1 saturated heterocycles. The molecule has 1 aliphatic rings. The lowest BCUT2D eigenvalue weighted by Crippen LogP contribution is -2.60. The summed E-state index contributed by atoms with van der Waals surface area (Å²) in [7, 11) is 0. The van der Waals surface area contributed by atoms with E-state index in [0.717, 1.165) is 5.56 Å². The number of aromatic nitrogens is 2. The van der Waals surface area contributed by atoms with Crippen LogP contribution in [0.5, 0.6) is 0 Å². The molecule has 0 unspecified atom stereocenters. The number of nitrogens with zero attached hydrogens (tertiary/aromatic N) is 3. The Morgan fingerprint density at radius 2 is 1.89 bits per heavy atom. The second-order valence-corrected chi connectivity index (χ2v) is 7.52. The van der Waals surface area contributed by atoms with Crippen molar-refractivity contribution in [2.75, 3.05) is 23.7 Å². The number of nitrogens with one attached hydrogen (secondary N) is 1. The van der Waals surface area contributed by atoms with Crippen LogP contribution in [0.15, 0.2) is 30.6 Å². The van der Waals surface area contributed by atoms with Gasteiger partial charge in [-0.3, -0.25) is 4.79 Å². The third kappa shape index (κ3) is 4.14. The molecule has 0 spiro atoms. The number of amides is 1. The number of rotatable bonds is 4. The summed E-state index contributed by atoms with van der Waals surface area (Å²) in [5, 5.41) is 3.38. The number of hydrogen-bond acceptors (Lipinski definition) is 6. The molecular weight excluding hydrogens is 364 g/mol. The van der Waals surface area contributed by atoms with Crippen molar-refractivity contribution in [2.24, 2.45) is 5.73 Å². The Kier molecular flexibility index (Phi) is 5.53. The van der Waals surface area contributed by atoms with E-state index in [2.05, 4.69) is 15.3 Å². The molecule has 1 aliphatic heterocycles. The maximum atomic E-state index is 12.8.